The minimum Gasteiger partial charge on any atom is -0.391 e. The van der Waals surface area contributed by atoms with Gasteiger partial charge < -0.3 is 35.6 Å². The van der Waals surface area contributed by atoms with Gasteiger partial charge in [-0.25, -0.2) is 0 Å². The summed E-state index contributed by atoms with van der Waals surface area (Å²) in [5.74, 6) is 0.215. The number of hydrogen-bond acceptors (Lipinski definition) is 12. The Morgan fingerprint density at radius 1 is 0.929 bits per heavy atom. The maximum absolute atomic E-state index is 14.2. The highest BCUT2D eigenvalue weighted by Crippen LogP contribution is 2.40. The van der Waals surface area contributed by atoms with Crippen molar-refractivity contribution in [3.63, 3.8) is 0 Å². The van der Waals surface area contributed by atoms with E-state index < -0.39 is 29.6 Å². The summed E-state index contributed by atoms with van der Waals surface area (Å²) in [5, 5.41) is 32.2. The van der Waals surface area contributed by atoms with Crippen LogP contribution in [0.3, 0.4) is 0 Å². The highest BCUT2D eigenvalue weighted by atomic mass is 35.5. The molecule has 4 amide bonds. The molecule has 2 aromatic carbocycles. The third-order valence-electron chi connectivity index (χ3n) is 13.5. The van der Waals surface area contributed by atoms with Gasteiger partial charge in [0.1, 0.15) is 29.0 Å². The zero-order chi connectivity index (χ0) is 49.9. The summed E-state index contributed by atoms with van der Waals surface area (Å²) in [6, 6.07) is 15.4. The Labute approximate surface area is 423 Å². The number of hydrogen-bond donors (Lipinski definition) is 4. The lowest BCUT2D eigenvalue weighted by molar-refractivity contribution is -0.144. The van der Waals surface area contributed by atoms with Gasteiger partial charge in [0, 0.05) is 78.0 Å². The molecule has 70 heavy (non-hydrogen) atoms. The molecule has 0 aliphatic carbocycles. The van der Waals surface area contributed by atoms with Gasteiger partial charge in [0.2, 0.25) is 23.6 Å². The minimum absolute atomic E-state index is 0.0146. The van der Waals surface area contributed by atoms with E-state index in [1.807, 2.05) is 80.8 Å². The number of aliphatic hydroxyl groups is 1. The first-order valence-electron chi connectivity index (χ1n) is 24.1. The van der Waals surface area contributed by atoms with Gasteiger partial charge in [0.25, 0.3) is 0 Å². The smallest absolute Gasteiger partial charge is 0.246 e. The number of piperidine rings is 1. The molecule has 3 aliphatic heterocycles. The predicted molar refractivity (Wildman–Crippen MR) is 275 cm³/mol. The predicted octanol–water partition coefficient (Wildman–Crippen LogP) is 7.02. The first kappa shape index (κ1) is 51.1. The fourth-order valence-corrected chi connectivity index (χ4v) is 11.7. The van der Waals surface area contributed by atoms with Gasteiger partial charge in [-0.2, -0.15) is 0 Å². The van der Waals surface area contributed by atoms with Gasteiger partial charge >= 0.3 is 0 Å². The average molecular weight is 1010 g/mol. The van der Waals surface area contributed by atoms with Crippen LogP contribution in [0.2, 0.25) is 5.02 Å². The number of aliphatic imine (C=N–C) groups is 1. The summed E-state index contributed by atoms with van der Waals surface area (Å²) in [7, 11) is 0. The molecule has 1 unspecified atom stereocenters. The van der Waals surface area contributed by atoms with Crippen LogP contribution in [-0.2, 0) is 30.5 Å². The Hall–Kier alpha value is -5.30. The van der Waals surface area contributed by atoms with Crippen LogP contribution in [0.25, 0.3) is 15.4 Å². The van der Waals surface area contributed by atoms with Crippen LogP contribution in [0.15, 0.2) is 65.0 Å². The number of aromatic nitrogens is 3. The summed E-state index contributed by atoms with van der Waals surface area (Å²) in [6.45, 7) is 16.8. The number of ether oxygens (including phenoxy) is 1. The number of thiophene rings is 2. The molecule has 4 atom stereocenters. The lowest BCUT2D eigenvalue weighted by atomic mass is 9.85. The molecule has 5 aromatic rings. The topological polar surface area (TPSA) is 183 Å². The highest BCUT2D eigenvalue weighted by Gasteiger charge is 2.44. The van der Waals surface area contributed by atoms with E-state index in [2.05, 4.69) is 63.3 Å². The Bertz CT molecular complexity index is 2720. The molecule has 3 aliphatic rings. The SMILES string of the molecule is Cc1ccsc1-c1ccc(CNC(=O)[C@@H]2C[C@@H](O)CN2C(=O)[C@@H](NC(=O)CCN2CCC(OCCNC(=O)CC3N=C(c4ccc(Cl)cc4)c4c(sc(C)c4C)-n4c(C)nnc43)CC2)C(C)(C)C)cc1. The lowest BCUT2D eigenvalue weighted by Crippen LogP contribution is -2.58. The molecular weight excluding hydrogens is 946 g/mol. The number of halogens is 1. The largest absolute Gasteiger partial charge is 0.391 e. The molecule has 18 heteroatoms. The second-order valence-corrected chi connectivity index (χ2v) is 22.3. The zero-order valence-corrected chi connectivity index (χ0v) is 43.4. The van der Waals surface area contributed by atoms with Gasteiger partial charge in [-0.15, -0.1) is 32.9 Å². The number of nitrogens with one attached hydrogen (secondary N) is 3. The number of nitrogens with zero attached hydrogens (tertiary/aromatic N) is 6. The number of rotatable bonds is 16. The summed E-state index contributed by atoms with van der Waals surface area (Å²) in [5.41, 5.74) is 6.45. The van der Waals surface area contributed by atoms with Crippen molar-refractivity contribution < 1.29 is 29.0 Å². The van der Waals surface area contributed by atoms with Crippen molar-refractivity contribution >= 4 is 63.6 Å². The van der Waals surface area contributed by atoms with E-state index in [0.29, 0.717) is 30.5 Å². The van der Waals surface area contributed by atoms with Gasteiger partial charge in [0.05, 0.1) is 30.9 Å². The van der Waals surface area contributed by atoms with Crippen molar-refractivity contribution in [1.82, 2.24) is 40.5 Å². The average Bonchev–Trinajstić information content (AvgIpc) is 4.10. The number of likely N-dealkylation sites (tertiary alicyclic amines) is 2. The van der Waals surface area contributed by atoms with Crippen LogP contribution < -0.4 is 16.0 Å². The second kappa shape index (κ2) is 22.0. The third kappa shape index (κ3) is 11.7. The van der Waals surface area contributed by atoms with Crippen LogP contribution in [0, 0.1) is 33.1 Å². The number of β-amino-alcohol motifs (C(OH)–C–C–N with tert-alkyl or cyclic N) is 1. The number of aryl methyl sites for hydroxylation is 3. The van der Waals surface area contributed by atoms with E-state index in [1.165, 1.54) is 20.2 Å². The molecule has 8 rings (SSSR count). The number of benzene rings is 2. The maximum atomic E-state index is 14.2. The van der Waals surface area contributed by atoms with Gasteiger partial charge in [-0.1, -0.05) is 68.8 Å². The van der Waals surface area contributed by atoms with E-state index in [-0.39, 0.29) is 62.1 Å². The maximum Gasteiger partial charge on any atom is 0.246 e. The fraction of sp³-hybridized carbons (Fsp3) is 0.481. The van der Waals surface area contributed by atoms with E-state index in [4.69, 9.17) is 21.3 Å². The number of carbonyl (C=O) groups is 4. The molecule has 0 bridgehead atoms. The van der Waals surface area contributed by atoms with Crippen LogP contribution in [-0.4, -0.2) is 123 Å². The zero-order valence-electron chi connectivity index (χ0n) is 41.0. The molecule has 2 saturated heterocycles. The van der Waals surface area contributed by atoms with Crippen molar-refractivity contribution in [3.8, 4) is 15.4 Å². The summed E-state index contributed by atoms with van der Waals surface area (Å²) >= 11 is 9.62. The molecule has 15 nitrogen and oxygen atoms in total. The summed E-state index contributed by atoms with van der Waals surface area (Å²) in [4.78, 5) is 65.9. The number of aliphatic hydroxyl groups excluding tert-OH is 1. The first-order chi connectivity index (χ1) is 33.4. The summed E-state index contributed by atoms with van der Waals surface area (Å²) < 4.78 is 8.23. The normalized spacial score (nSPS) is 19.0. The van der Waals surface area contributed by atoms with Crippen LogP contribution in [0.1, 0.15) is 103 Å². The van der Waals surface area contributed by atoms with Crippen molar-refractivity contribution in [2.24, 2.45) is 10.4 Å². The lowest BCUT2D eigenvalue weighted by Gasteiger charge is -2.36. The Morgan fingerprint density at radius 3 is 2.33 bits per heavy atom. The van der Waals surface area contributed by atoms with Crippen molar-refractivity contribution in [2.75, 3.05) is 39.3 Å². The van der Waals surface area contributed by atoms with E-state index >= 15 is 0 Å². The Balaban J connectivity index is 0.775. The Morgan fingerprint density at radius 2 is 1.64 bits per heavy atom. The molecule has 0 saturated carbocycles. The second-order valence-electron chi connectivity index (χ2n) is 19.7. The van der Waals surface area contributed by atoms with E-state index in [1.54, 1.807) is 22.7 Å². The molecule has 372 valence electrons. The van der Waals surface area contributed by atoms with Crippen LogP contribution in [0.5, 0.6) is 0 Å². The molecule has 0 spiro atoms. The molecule has 2 fully saturated rings. The molecule has 3 aromatic heterocycles. The number of fused-ring (bicyclic) bond motifs is 3. The third-order valence-corrected chi connectivity index (χ3v) is 16.0. The van der Waals surface area contributed by atoms with Gasteiger partial charge in [-0.3, -0.25) is 28.7 Å². The van der Waals surface area contributed by atoms with Gasteiger partial charge in [0.15, 0.2) is 5.82 Å². The number of amides is 4. The van der Waals surface area contributed by atoms with Crippen LogP contribution in [0.4, 0.5) is 0 Å². The molecule has 4 N–H and O–H groups in total. The van der Waals surface area contributed by atoms with Crippen molar-refractivity contribution in [1.29, 1.82) is 0 Å². The van der Waals surface area contributed by atoms with Crippen molar-refractivity contribution in [3.05, 3.63) is 109 Å². The monoisotopic (exact) mass is 1010 g/mol. The number of carbonyl (C=O) groups excluding carboxylic acids is 4. The van der Waals surface area contributed by atoms with Gasteiger partial charge in [-0.05, 0) is 91.8 Å². The molecule has 6 heterocycles. The van der Waals surface area contributed by atoms with Crippen LogP contribution >= 0.6 is 34.3 Å². The minimum atomic E-state index is -0.896. The van der Waals surface area contributed by atoms with E-state index in [9.17, 15) is 24.3 Å². The molecular formula is C52H64ClN9O6S2. The van der Waals surface area contributed by atoms with E-state index in [0.717, 1.165) is 70.3 Å². The fourth-order valence-electron chi connectivity index (χ4n) is 9.46. The summed E-state index contributed by atoms with van der Waals surface area (Å²) in [6.07, 6.45) is 1.14. The first-order valence-corrected chi connectivity index (χ1v) is 26.2. The highest BCUT2D eigenvalue weighted by molar-refractivity contribution is 7.15. The molecule has 0 radical (unpaired) electrons. The van der Waals surface area contributed by atoms with Crippen molar-refractivity contribution in [2.45, 2.75) is 117 Å². The quantitative estimate of drug-likeness (QED) is 0.0755. The standard InChI is InChI=1S/C52H64ClN9O6S2/c1-30-19-25-69-46(30)36-10-8-34(9-11-36)28-55-49(66)41-26-38(63)29-61(41)50(67)47(52(5,6)7)57-42(64)18-23-60-21-16-39(17-22-60)68-24-20-54-43(65)27-40-48-59-58-33(4)62(48)51-44(31(2)32(3)70-51)45(56-40)35-12-14-37(53)15-13-35/h8-15,19,25,38-41,47,63H,16-18,20-24,26-29H2,1-7H3,(H,54,65)(H,55,66)(H,57,64)/t38-,40?,41+,47-/m1/s1. The Kier molecular flexibility index (Phi) is 16.0.